The first kappa shape index (κ1) is 11.1. The molecule has 6 heteroatoms. The van der Waals surface area contributed by atoms with Gasteiger partial charge in [-0.15, -0.1) is 0 Å². The van der Waals surface area contributed by atoms with Crippen molar-refractivity contribution in [2.75, 3.05) is 7.11 Å². The molecule has 0 N–H and O–H groups in total. The van der Waals surface area contributed by atoms with Crippen LogP contribution in [0.2, 0.25) is 10.3 Å². The number of halogens is 2. The highest BCUT2D eigenvalue weighted by Gasteiger charge is 2.05. The van der Waals surface area contributed by atoms with E-state index >= 15 is 0 Å². The second kappa shape index (κ2) is 4.63. The summed E-state index contributed by atoms with van der Waals surface area (Å²) in [6, 6.07) is 4.98. The van der Waals surface area contributed by atoms with E-state index in [4.69, 9.17) is 27.9 Å². The standard InChI is InChI=1S/C10H7Cl2N3O/c1-16-9-3-2-6(5-13-9)10-14-7(11)4-8(12)15-10/h2-5H,1H3. The second-order valence-corrected chi connectivity index (χ2v) is 3.70. The maximum Gasteiger partial charge on any atom is 0.212 e. The number of hydrogen-bond donors (Lipinski definition) is 0. The van der Waals surface area contributed by atoms with Crippen molar-refractivity contribution >= 4 is 23.2 Å². The molecule has 2 rings (SSSR count). The maximum absolute atomic E-state index is 5.78. The highest BCUT2D eigenvalue weighted by Crippen LogP contribution is 2.20. The lowest BCUT2D eigenvalue weighted by Crippen LogP contribution is -1.92. The summed E-state index contributed by atoms with van der Waals surface area (Å²) >= 11 is 11.6. The fourth-order valence-electron chi connectivity index (χ4n) is 1.15. The summed E-state index contributed by atoms with van der Waals surface area (Å²) in [7, 11) is 1.55. The van der Waals surface area contributed by atoms with Crippen LogP contribution in [-0.2, 0) is 0 Å². The van der Waals surface area contributed by atoms with E-state index < -0.39 is 0 Å². The second-order valence-electron chi connectivity index (χ2n) is 2.93. The fraction of sp³-hybridized carbons (Fsp3) is 0.100. The van der Waals surface area contributed by atoms with Gasteiger partial charge in [-0.2, -0.15) is 0 Å². The first-order valence-electron chi connectivity index (χ1n) is 4.39. The van der Waals surface area contributed by atoms with Crippen LogP contribution >= 0.6 is 23.2 Å². The Kier molecular flexibility index (Phi) is 3.22. The number of pyridine rings is 1. The van der Waals surface area contributed by atoms with Crippen LogP contribution in [0.15, 0.2) is 24.4 Å². The van der Waals surface area contributed by atoms with E-state index in [2.05, 4.69) is 15.0 Å². The minimum absolute atomic E-state index is 0.297. The van der Waals surface area contributed by atoms with Gasteiger partial charge in [0.05, 0.1) is 7.11 Å². The summed E-state index contributed by atoms with van der Waals surface area (Å²) in [5.74, 6) is 0.963. The van der Waals surface area contributed by atoms with Crippen molar-refractivity contribution in [1.29, 1.82) is 0 Å². The predicted octanol–water partition coefficient (Wildman–Crippen LogP) is 2.85. The van der Waals surface area contributed by atoms with Crippen molar-refractivity contribution in [3.63, 3.8) is 0 Å². The van der Waals surface area contributed by atoms with Crippen LogP contribution < -0.4 is 4.74 Å². The molecule has 0 bridgehead atoms. The lowest BCUT2D eigenvalue weighted by atomic mass is 10.2. The monoisotopic (exact) mass is 255 g/mol. The number of hydrogen-bond acceptors (Lipinski definition) is 4. The van der Waals surface area contributed by atoms with Crippen molar-refractivity contribution in [1.82, 2.24) is 15.0 Å². The Morgan fingerprint density at radius 1 is 1.12 bits per heavy atom. The minimum Gasteiger partial charge on any atom is -0.481 e. The third-order valence-corrected chi connectivity index (χ3v) is 2.25. The zero-order valence-electron chi connectivity index (χ0n) is 8.32. The van der Waals surface area contributed by atoms with E-state index in [0.29, 0.717) is 22.0 Å². The van der Waals surface area contributed by atoms with E-state index in [1.165, 1.54) is 6.07 Å². The molecule has 0 fully saturated rings. The Balaban J connectivity index is 2.42. The molecule has 0 radical (unpaired) electrons. The quantitative estimate of drug-likeness (QED) is 0.775. The largest absolute Gasteiger partial charge is 0.481 e. The lowest BCUT2D eigenvalue weighted by molar-refractivity contribution is 0.398. The third kappa shape index (κ3) is 2.40. The van der Waals surface area contributed by atoms with Gasteiger partial charge in [-0.1, -0.05) is 23.2 Å². The SMILES string of the molecule is COc1ccc(-c2nc(Cl)cc(Cl)n2)cn1. The van der Waals surface area contributed by atoms with Gasteiger partial charge in [0.2, 0.25) is 5.88 Å². The Morgan fingerprint density at radius 2 is 1.81 bits per heavy atom. The van der Waals surface area contributed by atoms with Gasteiger partial charge in [-0.3, -0.25) is 0 Å². The fourth-order valence-corrected chi connectivity index (χ4v) is 1.58. The average molecular weight is 256 g/mol. The van der Waals surface area contributed by atoms with Gasteiger partial charge in [0.25, 0.3) is 0 Å². The van der Waals surface area contributed by atoms with E-state index in [-0.39, 0.29) is 0 Å². The number of ether oxygens (including phenoxy) is 1. The maximum atomic E-state index is 5.78. The van der Waals surface area contributed by atoms with Gasteiger partial charge in [0.15, 0.2) is 5.82 Å². The van der Waals surface area contributed by atoms with Crippen molar-refractivity contribution in [3.8, 4) is 17.3 Å². The molecule has 0 saturated carbocycles. The minimum atomic E-state index is 0.297. The Bertz CT molecular complexity index is 482. The molecule has 0 aliphatic carbocycles. The van der Waals surface area contributed by atoms with Crippen LogP contribution in [0.1, 0.15) is 0 Å². The normalized spacial score (nSPS) is 10.2. The van der Waals surface area contributed by atoms with Gasteiger partial charge < -0.3 is 4.74 Å². The predicted molar refractivity (Wildman–Crippen MR) is 61.8 cm³/mol. The summed E-state index contributed by atoms with van der Waals surface area (Å²) in [6.45, 7) is 0. The molecule has 4 nitrogen and oxygen atoms in total. The molecule has 16 heavy (non-hydrogen) atoms. The zero-order chi connectivity index (χ0) is 11.5. The Hall–Kier alpha value is -1.39. The molecule has 0 amide bonds. The molecule has 0 aliphatic heterocycles. The van der Waals surface area contributed by atoms with Gasteiger partial charge >= 0.3 is 0 Å². The molecule has 0 atom stereocenters. The number of methoxy groups -OCH3 is 1. The van der Waals surface area contributed by atoms with Crippen molar-refractivity contribution in [2.24, 2.45) is 0 Å². The van der Waals surface area contributed by atoms with E-state index in [1.54, 1.807) is 25.4 Å². The van der Waals surface area contributed by atoms with E-state index in [1.807, 2.05) is 0 Å². The first-order valence-corrected chi connectivity index (χ1v) is 5.15. The molecule has 0 spiro atoms. The topological polar surface area (TPSA) is 47.9 Å². The van der Waals surface area contributed by atoms with Crippen molar-refractivity contribution in [3.05, 3.63) is 34.7 Å². The van der Waals surface area contributed by atoms with Gasteiger partial charge in [-0.25, -0.2) is 15.0 Å². The van der Waals surface area contributed by atoms with Crippen molar-refractivity contribution < 1.29 is 4.74 Å². The molecule has 0 unspecified atom stereocenters. The summed E-state index contributed by atoms with van der Waals surface area (Å²) in [5, 5.41) is 0.594. The third-order valence-electron chi connectivity index (χ3n) is 1.87. The first-order chi connectivity index (χ1) is 7.69. The molecule has 2 aromatic heterocycles. The smallest absolute Gasteiger partial charge is 0.212 e. The van der Waals surface area contributed by atoms with Crippen LogP contribution in [0.3, 0.4) is 0 Å². The van der Waals surface area contributed by atoms with Gasteiger partial charge in [-0.05, 0) is 6.07 Å². The summed E-state index contributed by atoms with van der Waals surface area (Å²) in [6.07, 6.45) is 1.60. The Morgan fingerprint density at radius 3 is 2.31 bits per heavy atom. The molecular formula is C10H7Cl2N3O. The zero-order valence-corrected chi connectivity index (χ0v) is 9.83. The molecule has 82 valence electrons. The lowest BCUT2D eigenvalue weighted by Gasteiger charge is -2.02. The molecule has 0 aliphatic rings. The summed E-state index contributed by atoms with van der Waals surface area (Å²) < 4.78 is 4.95. The van der Waals surface area contributed by atoms with Crippen molar-refractivity contribution in [2.45, 2.75) is 0 Å². The van der Waals surface area contributed by atoms with Crippen LogP contribution in [0.25, 0.3) is 11.4 Å². The molecular weight excluding hydrogens is 249 g/mol. The molecule has 2 heterocycles. The molecule has 0 aromatic carbocycles. The van der Waals surface area contributed by atoms with E-state index in [9.17, 15) is 0 Å². The number of aromatic nitrogens is 3. The van der Waals surface area contributed by atoms with Gasteiger partial charge in [0, 0.05) is 23.9 Å². The Labute approximate surface area is 102 Å². The summed E-state index contributed by atoms with van der Waals surface area (Å²) in [4.78, 5) is 12.1. The van der Waals surface area contributed by atoms with E-state index in [0.717, 1.165) is 5.56 Å². The van der Waals surface area contributed by atoms with Crippen LogP contribution in [0, 0.1) is 0 Å². The highest BCUT2D eigenvalue weighted by molar-refractivity contribution is 6.33. The average Bonchev–Trinajstić information content (AvgIpc) is 2.28. The number of nitrogens with zero attached hydrogens (tertiary/aromatic N) is 3. The number of rotatable bonds is 2. The van der Waals surface area contributed by atoms with Crippen LogP contribution in [0.4, 0.5) is 0 Å². The van der Waals surface area contributed by atoms with Crippen LogP contribution in [-0.4, -0.2) is 22.1 Å². The summed E-state index contributed by atoms with van der Waals surface area (Å²) in [5.41, 5.74) is 0.727. The molecule has 0 saturated heterocycles. The van der Waals surface area contributed by atoms with Crippen LogP contribution in [0.5, 0.6) is 5.88 Å². The molecule has 2 aromatic rings. The highest BCUT2D eigenvalue weighted by atomic mass is 35.5. The van der Waals surface area contributed by atoms with Gasteiger partial charge in [0.1, 0.15) is 10.3 Å².